The molecular weight excluding hydrogens is 451 g/mol. The number of carbonyl (C=O) groups excluding carboxylic acids is 2. The van der Waals surface area contributed by atoms with Crippen molar-refractivity contribution in [3.05, 3.63) is 65.5 Å². The number of methoxy groups -OCH3 is 1. The van der Waals surface area contributed by atoms with Crippen molar-refractivity contribution < 1.29 is 23.5 Å². The average Bonchev–Trinajstić information content (AvgIpc) is 3.68. The minimum absolute atomic E-state index is 0.147. The minimum Gasteiger partial charge on any atom is -0.497 e. The van der Waals surface area contributed by atoms with Crippen molar-refractivity contribution in [3.63, 3.8) is 0 Å². The van der Waals surface area contributed by atoms with Gasteiger partial charge in [-0.1, -0.05) is 12.1 Å². The van der Waals surface area contributed by atoms with E-state index >= 15 is 0 Å². The SMILES string of the molecule is COc1ccc([C@@H]2CC2NCCNC[C@H](NC(=O)c2ccc(F)cc2)C(=O)N2CCOCC2)cc1. The second-order valence-corrected chi connectivity index (χ2v) is 8.85. The van der Waals surface area contributed by atoms with Gasteiger partial charge in [-0.2, -0.15) is 0 Å². The number of hydrogen-bond acceptors (Lipinski definition) is 6. The number of benzene rings is 2. The van der Waals surface area contributed by atoms with E-state index in [1.807, 2.05) is 12.1 Å². The van der Waals surface area contributed by atoms with Gasteiger partial charge in [-0.05, 0) is 48.4 Å². The van der Waals surface area contributed by atoms with Gasteiger partial charge in [0.05, 0.1) is 20.3 Å². The van der Waals surface area contributed by atoms with Gasteiger partial charge in [0.1, 0.15) is 17.6 Å². The van der Waals surface area contributed by atoms with Crippen molar-refractivity contribution in [2.24, 2.45) is 0 Å². The molecule has 3 atom stereocenters. The van der Waals surface area contributed by atoms with Crippen molar-refractivity contribution in [1.82, 2.24) is 20.9 Å². The van der Waals surface area contributed by atoms with Crippen LogP contribution < -0.4 is 20.7 Å². The van der Waals surface area contributed by atoms with E-state index in [1.165, 1.54) is 29.8 Å². The average molecular weight is 485 g/mol. The van der Waals surface area contributed by atoms with Crippen molar-refractivity contribution >= 4 is 11.8 Å². The Morgan fingerprint density at radius 2 is 1.80 bits per heavy atom. The van der Waals surface area contributed by atoms with Crippen LogP contribution in [0.4, 0.5) is 4.39 Å². The zero-order valence-corrected chi connectivity index (χ0v) is 20.0. The first-order valence-corrected chi connectivity index (χ1v) is 12.1. The van der Waals surface area contributed by atoms with Crippen LogP contribution in [0.25, 0.3) is 0 Å². The molecule has 3 N–H and O–H groups in total. The van der Waals surface area contributed by atoms with Crippen molar-refractivity contribution in [2.45, 2.75) is 24.4 Å². The molecule has 8 nitrogen and oxygen atoms in total. The molecule has 9 heteroatoms. The van der Waals surface area contributed by atoms with Crippen molar-refractivity contribution in [3.8, 4) is 5.75 Å². The molecule has 2 amide bonds. The minimum atomic E-state index is -0.723. The quantitative estimate of drug-likeness (QED) is 0.419. The van der Waals surface area contributed by atoms with Crippen LogP contribution in [0.15, 0.2) is 48.5 Å². The molecule has 1 saturated carbocycles. The Labute approximate surface area is 205 Å². The zero-order chi connectivity index (χ0) is 24.6. The van der Waals surface area contributed by atoms with E-state index in [4.69, 9.17) is 9.47 Å². The first kappa shape index (κ1) is 25.1. The third kappa shape index (κ3) is 7.00. The Balaban J connectivity index is 1.24. The molecule has 2 fully saturated rings. The molecule has 1 saturated heterocycles. The van der Waals surface area contributed by atoms with Gasteiger partial charge in [0.2, 0.25) is 5.91 Å². The number of nitrogens with one attached hydrogen (secondary N) is 3. The Bertz CT molecular complexity index is 980. The first-order chi connectivity index (χ1) is 17.0. The lowest BCUT2D eigenvalue weighted by molar-refractivity contribution is -0.137. The van der Waals surface area contributed by atoms with Crippen LogP contribution in [0, 0.1) is 5.82 Å². The summed E-state index contributed by atoms with van der Waals surface area (Å²) in [6.45, 7) is 3.68. The Morgan fingerprint density at radius 3 is 2.49 bits per heavy atom. The summed E-state index contributed by atoms with van der Waals surface area (Å²) in [4.78, 5) is 27.5. The molecular formula is C26H33FN4O4. The summed E-state index contributed by atoms with van der Waals surface area (Å²) in [5, 5.41) is 9.65. The molecule has 1 heterocycles. The van der Waals surface area contributed by atoms with Gasteiger partial charge in [0.25, 0.3) is 5.91 Å². The highest BCUT2D eigenvalue weighted by atomic mass is 19.1. The lowest BCUT2D eigenvalue weighted by Crippen LogP contribution is -2.55. The smallest absolute Gasteiger partial charge is 0.251 e. The van der Waals surface area contributed by atoms with Crippen LogP contribution in [0.5, 0.6) is 5.75 Å². The van der Waals surface area contributed by atoms with Gasteiger partial charge in [0, 0.05) is 50.2 Å². The molecule has 1 unspecified atom stereocenters. The summed E-state index contributed by atoms with van der Waals surface area (Å²) in [7, 11) is 1.66. The van der Waals surface area contributed by atoms with Gasteiger partial charge in [-0.15, -0.1) is 0 Å². The Hall–Kier alpha value is -3.01. The van der Waals surface area contributed by atoms with E-state index in [0.717, 1.165) is 18.7 Å². The number of hydrogen-bond donors (Lipinski definition) is 3. The third-order valence-electron chi connectivity index (χ3n) is 6.42. The van der Waals surface area contributed by atoms with E-state index in [0.29, 0.717) is 56.9 Å². The standard InChI is InChI=1S/C26H33FN4O4/c1-34-21-8-4-18(5-9-21)22-16-23(22)29-11-10-28-17-24(26(33)31-12-14-35-15-13-31)30-25(32)19-2-6-20(27)7-3-19/h2-9,22-24,28-29H,10-17H2,1H3,(H,30,32)/t22-,23?,24-/m0/s1. The predicted octanol–water partition coefficient (Wildman–Crippen LogP) is 1.53. The lowest BCUT2D eigenvalue weighted by atomic mass is 10.1. The summed E-state index contributed by atoms with van der Waals surface area (Å²) < 4.78 is 23.8. The van der Waals surface area contributed by atoms with E-state index in [2.05, 4.69) is 28.1 Å². The lowest BCUT2D eigenvalue weighted by Gasteiger charge is -2.31. The van der Waals surface area contributed by atoms with Crippen LogP contribution in [-0.2, 0) is 9.53 Å². The molecule has 1 aliphatic heterocycles. The summed E-state index contributed by atoms with van der Waals surface area (Å²) in [6, 6.07) is 13.2. The molecule has 2 aromatic rings. The maximum Gasteiger partial charge on any atom is 0.251 e. The molecule has 0 bridgehead atoms. The van der Waals surface area contributed by atoms with Gasteiger partial charge in [-0.3, -0.25) is 9.59 Å². The highest BCUT2D eigenvalue weighted by molar-refractivity contribution is 5.97. The normalized spacial score (nSPS) is 20.2. The number of ether oxygens (including phenoxy) is 2. The van der Waals surface area contributed by atoms with Crippen LogP contribution in [-0.4, -0.2) is 81.8 Å². The van der Waals surface area contributed by atoms with Crippen LogP contribution in [0.2, 0.25) is 0 Å². The van der Waals surface area contributed by atoms with E-state index < -0.39 is 17.8 Å². The molecule has 2 aliphatic rings. The fourth-order valence-corrected chi connectivity index (χ4v) is 4.28. The molecule has 0 spiro atoms. The fourth-order valence-electron chi connectivity index (χ4n) is 4.28. The van der Waals surface area contributed by atoms with Crippen molar-refractivity contribution in [1.29, 1.82) is 0 Å². The maximum atomic E-state index is 13.2. The number of morpholine rings is 1. The molecule has 0 aromatic heterocycles. The van der Waals surface area contributed by atoms with E-state index in [-0.39, 0.29) is 5.91 Å². The van der Waals surface area contributed by atoms with Crippen LogP contribution >= 0.6 is 0 Å². The highest BCUT2D eigenvalue weighted by Gasteiger charge is 2.37. The largest absolute Gasteiger partial charge is 0.497 e. The van der Waals surface area contributed by atoms with E-state index in [9.17, 15) is 14.0 Å². The van der Waals surface area contributed by atoms with Gasteiger partial charge in [-0.25, -0.2) is 4.39 Å². The Kier molecular flexibility index (Phi) is 8.68. The summed E-state index contributed by atoms with van der Waals surface area (Å²) >= 11 is 0. The monoisotopic (exact) mass is 484 g/mol. The van der Waals surface area contributed by atoms with Crippen molar-refractivity contribution in [2.75, 3.05) is 53.0 Å². The number of halogens is 1. The highest BCUT2D eigenvalue weighted by Crippen LogP contribution is 2.41. The van der Waals surface area contributed by atoms with Crippen LogP contribution in [0.1, 0.15) is 28.3 Å². The number of carbonyl (C=O) groups is 2. The second kappa shape index (κ2) is 12.1. The molecule has 4 rings (SSSR count). The number of nitrogens with zero attached hydrogens (tertiary/aromatic N) is 1. The predicted molar refractivity (Wildman–Crippen MR) is 130 cm³/mol. The Morgan fingerprint density at radius 1 is 1.09 bits per heavy atom. The summed E-state index contributed by atoms with van der Waals surface area (Å²) in [6.07, 6.45) is 1.10. The molecule has 35 heavy (non-hydrogen) atoms. The fraction of sp³-hybridized carbons (Fsp3) is 0.462. The van der Waals surface area contributed by atoms with Crippen LogP contribution in [0.3, 0.4) is 0 Å². The molecule has 1 aliphatic carbocycles. The van der Waals surface area contributed by atoms with Gasteiger partial charge in [0.15, 0.2) is 0 Å². The number of rotatable bonds is 11. The zero-order valence-electron chi connectivity index (χ0n) is 20.0. The topological polar surface area (TPSA) is 91.9 Å². The second-order valence-electron chi connectivity index (χ2n) is 8.85. The summed E-state index contributed by atoms with van der Waals surface area (Å²) in [5.74, 6) is 0.395. The van der Waals surface area contributed by atoms with Gasteiger partial charge >= 0.3 is 0 Å². The molecule has 0 radical (unpaired) electrons. The van der Waals surface area contributed by atoms with E-state index in [1.54, 1.807) is 12.0 Å². The summed E-state index contributed by atoms with van der Waals surface area (Å²) in [5.41, 5.74) is 1.61. The first-order valence-electron chi connectivity index (χ1n) is 12.1. The number of amides is 2. The molecule has 188 valence electrons. The molecule has 2 aromatic carbocycles. The van der Waals surface area contributed by atoms with Gasteiger partial charge < -0.3 is 30.3 Å². The maximum absolute atomic E-state index is 13.2. The third-order valence-corrected chi connectivity index (χ3v) is 6.42.